The van der Waals surface area contributed by atoms with E-state index in [1.165, 1.54) is 86.1 Å². The Morgan fingerprint density at radius 1 is 0.340 bits per heavy atom. The normalized spacial score (nSPS) is 11.6. The lowest BCUT2D eigenvalue weighted by Gasteiger charge is -2.28. The fourth-order valence-electron chi connectivity index (χ4n) is 7.66. The zero-order chi connectivity index (χ0) is 33.0. The molecule has 10 aromatic rings. The van der Waals surface area contributed by atoms with Crippen LogP contribution in [0.4, 0.5) is 17.1 Å². The van der Waals surface area contributed by atoms with Crippen molar-refractivity contribution in [2.75, 3.05) is 4.90 Å². The molecule has 2 heteroatoms. The second-order valence-electron chi connectivity index (χ2n) is 12.9. The van der Waals surface area contributed by atoms with Crippen LogP contribution < -0.4 is 4.90 Å². The number of rotatable bonds is 5. The highest BCUT2D eigenvalue weighted by atomic mass is 32.1. The van der Waals surface area contributed by atoms with Gasteiger partial charge in [0.05, 0.1) is 16.1 Å². The predicted molar refractivity (Wildman–Crippen MR) is 217 cm³/mol. The summed E-state index contributed by atoms with van der Waals surface area (Å²) in [6.07, 6.45) is 0. The largest absolute Gasteiger partial charge is 0.308 e. The van der Waals surface area contributed by atoms with Crippen molar-refractivity contribution in [3.63, 3.8) is 0 Å². The number of hydrogen-bond donors (Lipinski definition) is 0. The van der Waals surface area contributed by atoms with Crippen molar-refractivity contribution in [2.24, 2.45) is 0 Å². The Kier molecular flexibility index (Phi) is 6.75. The first kappa shape index (κ1) is 28.8. The second kappa shape index (κ2) is 11.7. The van der Waals surface area contributed by atoms with E-state index in [0.29, 0.717) is 0 Å². The van der Waals surface area contributed by atoms with Crippen LogP contribution in [-0.2, 0) is 0 Å². The zero-order valence-electron chi connectivity index (χ0n) is 27.3. The van der Waals surface area contributed by atoms with E-state index >= 15 is 0 Å². The quantitative estimate of drug-likeness (QED) is 0.167. The van der Waals surface area contributed by atoms with E-state index in [1.807, 2.05) is 11.3 Å². The van der Waals surface area contributed by atoms with Crippen molar-refractivity contribution < 1.29 is 0 Å². The maximum atomic E-state index is 2.48. The third kappa shape index (κ3) is 4.69. The minimum absolute atomic E-state index is 1.13. The highest BCUT2D eigenvalue weighted by molar-refractivity contribution is 7.26. The van der Waals surface area contributed by atoms with Crippen LogP contribution in [0.5, 0.6) is 0 Å². The topological polar surface area (TPSA) is 3.24 Å². The fraction of sp³-hybridized carbons (Fsp3) is 0. The van der Waals surface area contributed by atoms with Crippen molar-refractivity contribution in [3.05, 3.63) is 188 Å². The molecule has 1 aromatic heterocycles. The molecule has 234 valence electrons. The molecule has 0 spiro atoms. The van der Waals surface area contributed by atoms with Gasteiger partial charge in [0.25, 0.3) is 0 Å². The number of benzene rings is 9. The van der Waals surface area contributed by atoms with Gasteiger partial charge in [0.1, 0.15) is 0 Å². The molecule has 9 aromatic carbocycles. The summed E-state index contributed by atoms with van der Waals surface area (Å²) in [4.78, 5) is 2.48. The molecule has 10 rings (SSSR count). The van der Waals surface area contributed by atoms with Crippen molar-refractivity contribution >= 4 is 80.9 Å². The summed E-state index contributed by atoms with van der Waals surface area (Å²) in [5.41, 5.74) is 8.42. The van der Waals surface area contributed by atoms with Crippen molar-refractivity contribution in [2.45, 2.75) is 0 Å². The molecule has 0 atom stereocenters. The SMILES string of the molecule is c1ccc(-c2ccc3sc4c(N(c5ccc(-c6cccc7ccccc67)cc5)c5cc6ccccc6c6ccccc56)cccc4c3c2)cc1. The lowest BCUT2D eigenvalue weighted by molar-refractivity contribution is 1.32. The van der Waals surface area contributed by atoms with Gasteiger partial charge >= 0.3 is 0 Å². The van der Waals surface area contributed by atoms with E-state index in [0.717, 1.165) is 5.69 Å². The Labute approximate surface area is 294 Å². The number of nitrogens with zero attached hydrogens (tertiary/aromatic N) is 1. The predicted octanol–water partition coefficient (Wildman–Crippen LogP) is 14.3. The van der Waals surface area contributed by atoms with E-state index in [9.17, 15) is 0 Å². The van der Waals surface area contributed by atoms with Crippen LogP contribution in [0.1, 0.15) is 0 Å². The smallest absolute Gasteiger partial charge is 0.0640 e. The molecular weight excluding hydrogens is 623 g/mol. The minimum atomic E-state index is 1.13. The van der Waals surface area contributed by atoms with Crippen LogP contribution in [0.15, 0.2) is 188 Å². The Morgan fingerprint density at radius 2 is 0.980 bits per heavy atom. The first-order valence-electron chi connectivity index (χ1n) is 17.1. The Morgan fingerprint density at radius 3 is 1.82 bits per heavy atom. The monoisotopic (exact) mass is 653 g/mol. The molecule has 50 heavy (non-hydrogen) atoms. The zero-order valence-corrected chi connectivity index (χ0v) is 28.1. The molecule has 0 aliphatic rings. The molecule has 0 aliphatic carbocycles. The highest BCUT2D eigenvalue weighted by Gasteiger charge is 2.21. The molecule has 0 bridgehead atoms. The van der Waals surface area contributed by atoms with Crippen molar-refractivity contribution in [1.29, 1.82) is 0 Å². The van der Waals surface area contributed by atoms with Crippen LogP contribution in [0.25, 0.3) is 74.7 Å². The van der Waals surface area contributed by atoms with Gasteiger partial charge in [0.15, 0.2) is 0 Å². The first-order chi connectivity index (χ1) is 24.8. The van der Waals surface area contributed by atoms with Crippen LogP contribution in [-0.4, -0.2) is 0 Å². The summed E-state index contributed by atoms with van der Waals surface area (Å²) in [7, 11) is 0. The highest BCUT2D eigenvalue weighted by Crippen LogP contribution is 2.48. The lowest BCUT2D eigenvalue weighted by atomic mass is 9.97. The average molecular weight is 654 g/mol. The van der Waals surface area contributed by atoms with Crippen molar-refractivity contribution in [3.8, 4) is 22.3 Å². The standard InChI is InChI=1S/C48H31NS/c1-2-12-32(13-3-1)35-26-29-47-44(30-35)43-22-11-23-45(48(43)50-47)49(46-31-36-15-5-7-18-40(36)41-19-8-9-20-42(41)46)37-27-24-34(25-28-37)39-21-10-16-33-14-4-6-17-38(33)39/h1-31H. The molecule has 0 unspecified atom stereocenters. The molecule has 1 nitrogen and oxygen atoms in total. The summed E-state index contributed by atoms with van der Waals surface area (Å²) in [6.45, 7) is 0. The van der Waals surface area contributed by atoms with E-state index in [2.05, 4.69) is 193 Å². The number of hydrogen-bond acceptors (Lipinski definition) is 2. The number of thiophene rings is 1. The molecular formula is C48H31NS. The number of fused-ring (bicyclic) bond motifs is 7. The molecule has 0 aliphatic heterocycles. The summed E-state index contributed by atoms with van der Waals surface area (Å²) in [5, 5.41) is 10.1. The van der Waals surface area contributed by atoms with Gasteiger partial charge in [0, 0.05) is 26.5 Å². The average Bonchev–Trinajstić information content (AvgIpc) is 3.57. The number of anilines is 3. The second-order valence-corrected chi connectivity index (χ2v) is 14.0. The third-order valence-corrected chi connectivity index (χ3v) is 11.2. The van der Waals surface area contributed by atoms with Gasteiger partial charge < -0.3 is 4.90 Å². The lowest BCUT2D eigenvalue weighted by Crippen LogP contribution is -2.10. The maximum Gasteiger partial charge on any atom is 0.0640 e. The van der Waals surface area contributed by atoms with Crippen LogP contribution in [0, 0.1) is 0 Å². The van der Waals surface area contributed by atoms with Gasteiger partial charge in [-0.1, -0.05) is 152 Å². The first-order valence-corrected chi connectivity index (χ1v) is 17.9. The van der Waals surface area contributed by atoms with Gasteiger partial charge in [-0.2, -0.15) is 0 Å². The van der Waals surface area contributed by atoms with E-state index < -0.39 is 0 Å². The molecule has 0 N–H and O–H groups in total. The van der Waals surface area contributed by atoms with E-state index in [4.69, 9.17) is 0 Å². The van der Waals surface area contributed by atoms with E-state index in [-0.39, 0.29) is 0 Å². The fourth-order valence-corrected chi connectivity index (χ4v) is 8.85. The maximum absolute atomic E-state index is 2.48. The van der Waals surface area contributed by atoms with Gasteiger partial charge in [-0.3, -0.25) is 0 Å². The summed E-state index contributed by atoms with van der Waals surface area (Å²) in [5.74, 6) is 0. The summed E-state index contributed by atoms with van der Waals surface area (Å²) < 4.78 is 2.57. The Bertz CT molecular complexity index is 2860. The van der Waals surface area contributed by atoms with Gasteiger partial charge in [-0.25, -0.2) is 0 Å². The van der Waals surface area contributed by atoms with Gasteiger partial charge in [-0.05, 0) is 85.6 Å². The Balaban J connectivity index is 1.22. The van der Waals surface area contributed by atoms with Gasteiger partial charge in [-0.15, -0.1) is 11.3 Å². The van der Waals surface area contributed by atoms with Crippen LogP contribution >= 0.6 is 11.3 Å². The van der Waals surface area contributed by atoms with Crippen LogP contribution in [0.3, 0.4) is 0 Å². The molecule has 0 amide bonds. The van der Waals surface area contributed by atoms with Gasteiger partial charge in [0.2, 0.25) is 0 Å². The minimum Gasteiger partial charge on any atom is -0.308 e. The molecule has 1 heterocycles. The van der Waals surface area contributed by atoms with E-state index in [1.54, 1.807) is 0 Å². The summed E-state index contributed by atoms with van der Waals surface area (Å²) >= 11 is 1.88. The molecule has 0 radical (unpaired) electrons. The third-order valence-electron chi connectivity index (χ3n) is 10.0. The molecule has 0 saturated carbocycles. The molecule has 0 saturated heterocycles. The van der Waals surface area contributed by atoms with Crippen LogP contribution in [0.2, 0.25) is 0 Å². The summed E-state index contributed by atoms with van der Waals surface area (Å²) in [6, 6.07) is 68.7. The molecule has 0 fully saturated rings. The van der Waals surface area contributed by atoms with Crippen molar-refractivity contribution in [1.82, 2.24) is 0 Å². The Hall–Kier alpha value is -6.22.